The first-order valence-electron chi connectivity index (χ1n) is 17.1. The normalized spacial score (nSPS) is 16.1. The van der Waals surface area contributed by atoms with Crippen LogP contribution in [0.2, 0.25) is 35.7 Å². The molecule has 0 unspecified atom stereocenters. The van der Waals surface area contributed by atoms with Crippen LogP contribution < -0.4 is 9.80 Å². The summed E-state index contributed by atoms with van der Waals surface area (Å²) in [6, 6.07) is 23.9. The molecular weight excluding hydrogens is 689 g/mol. The van der Waals surface area contributed by atoms with Crippen LogP contribution in [0, 0.1) is 0 Å². The molecule has 11 heteroatoms. The van der Waals surface area contributed by atoms with Gasteiger partial charge in [-0.05, 0) is 74.2 Å². The molecule has 0 atom stereocenters. The molecule has 1 aromatic heterocycles. The number of fused-ring (bicyclic) bond motifs is 1. The first kappa shape index (κ1) is 37.4. The zero-order valence-electron chi connectivity index (χ0n) is 29.2. The van der Waals surface area contributed by atoms with Crippen molar-refractivity contribution >= 4 is 77.4 Å². The molecule has 3 aromatic carbocycles. The predicted octanol–water partition coefficient (Wildman–Crippen LogP) is 9.46. The Kier molecular flexibility index (Phi) is 12.6. The van der Waals surface area contributed by atoms with Crippen molar-refractivity contribution in [1.29, 1.82) is 0 Å². The van der Waals surface area contributed by atoms with Crippen molar-refractivity contribution in [2.24, 2.45) is 0 Å². The van der Waals surface area contributed by atoms with Crippen LogP contribution in [-0.2, 0) is 25.8 Å². The summed E-state index contributed by atoms with van der Waals surface area (Å²) < 4.78 is 12.9. The lowest BCUT2D eigenvalue weighted by molar-refractivity contribution is -0.119. The van der Waals surface area contributed by atoms with Gasteiger partial charge in [0.25, 0.3) is 5.91 Å². The van der Waals surface area contributed by atoms with Crippen LogP contribution in [0.4, 0.5) is 11.4 Å². The molecule has 8 nitrogen and oxygen atoms in total. The number of nitrogens with zero attached hydrogens (tertiary/aromatic N) is 3. The molecule has 0 bridgehead atoms. The number of carbonyl (C=O) groups is 3. The Bertz CT molecular complexity index is 1850. The van der Waals surface area contributed by atoms with E-state index in [1.54, 1.807) is 27.7 Å². The molecule has 0 spiro atoms. The summed E-state index contributed by atoms with van der Waals surface area (Å²) in [4.78, 5) is 41.8. The van der Waals surface area contributed by atoms with Crippen LogP contribution in [0.15, 0.2) is 78.4 Å². The molecular formula is C39H45Cl2N3O5Si. The van der Waals surface area contributed by atoms with E-state index in [1.165, 1.54) is 7.11 Å². The second kappa shape index (κ2) is 16.9. The van der Waals surface area contributed by atoms with Gasteiger partial charge in [0.1, 0.15) is 12.4 Å². The summed E-state index contributed by atoms with van der Waals surface area (Å²) in [5.41, 5.74) is 3.95. The second-order valence-electron chi connectivity index (χ2n) is 13.7. The topological polar surface area (TPSA) is 81.1 Å². The van der Waals surface area contributed by atoms with E-state index in [2.05, 4.69) is 19.6 Å². The fraction of sp³-hybridized carbons (Fsp3) is 0.359. The number of hydrogen-bond acceptors (Lipinski definition) is 5. The highest BCUT2D eigenvalue weighted by Gasteiger charge is 2.29. The summed E-state index contributed by atoms with van der Waals surface area (Å²) in [5, 5.41) is 1.47. The number of amides is 2. The van der Waals surface area contributed by atoms with E-state index in [0.29, 0.717) is 58.1 Å². The maximum absolute atomic E-state index is 13.5. The molecule has 4 aromatic rings. The SMILES string of the molecule is COC(=O)c1c(C=C2CCCN(c3ccccc3)C2=O)c2c(Cl)cc(Cl)cc2n1COCC[Si](C)(C)C.O=C1CCCCN1c1ccccc1. The Morgan fingerprint density at radius 2 is 1.50 bits per heavy atom. The molecule has 0 radical (unpaired) electrons. The van der Waals surface area contributed by atoms with Crippen LogP contribution in [0.1, 0.15) is 48.2 Å². The van der Waals surface area contributed by atoms with Crippen molar-refractivity contribution in [2.75, 3.05) is 36.6 Å². The number of rotatable bonds is 9. The molecule has 2 fully saturated rings. The first-order chi connectivity index (χ1) is 24.0. The number of ether oxygens (including phenoxy) is 2. The largest absolute Gasteiger partial charge is 0.464 e. The lowest BCUT2D eigenvalue weighted by atomic mass is 9.98. The number of anilines is 2. The van der Waals surface area contributed by atoms with Crippen molar-refractivity contribution < 1.29 is 23.9 Å². The Morgan fingerprint density at radius 1 is 0.860 bits per heavy atom. The average Bonchev–Trinajstić information content (AvgIpc) is 3.40. The van der Waals surface area contributed by atoms with Crippen LogP contribution in [-0.4, -0.2) is 57.2 Å². The summed E-state index contributed by atoms with van der Waals surface area (Å²) >= 11 is 13.1. The van der Waals surface area contributed by atoms with Gasteiger partial charge in [-0.25, -0.2) is 4.79 Å². The lowest BCUT2D eigenvalue weighted by Gasteiger charge is -2.28. The third-order valence-corrected chi connectivity index (χ3v) is 11.1. The highest BCUT2D eigenvalue weighted by molar-refractivity contribution is 6.76. The molecule has 3 heterocycles. The zero-order chi connectivity index (χ0) is 35.8. The third-order valence-electron chi connectivity index (χ3n) is 8.84. The molecule has 264 valence electrons. The summed E-state index contributed by atoms with van der Waals surface area (Å²) in [6.45, 7) is 9.07. The number of para-hydroxylation sites is 2. The van der Waals surface area contributed by atoms with Crippen molar-refractivity contribution in [3.8, 4) is 0 Å². The second-order valence-corrected chi connectivity index (χ2v) is 20.2. The van der Waals surface area contributed by atoms with E-state index in [-0.39, 0.29) is 24.2 Å². The van der Waals surface area contributed by atoms with Crippen LogP contribution in [0.25, 0.3) is 17.0 Å². The minimum Gasteiger partial charge on any atom is -0.464 e. The Morgan fingerprint density at radius 3 is 2.12 bits per heavy atom. The Labute approximate surface area is 305 Å². The van der Waals surface area contributed by atoms with Crippen LogP contribution in [0.5, 0.6) is 0 Å². The predicted molar refractivity (Wildman–Crippen MR) is 206 cm³/mol. The third kappa shape index (κ3) is 9.06. The molecule has 2 aliphatic heterocycles. The zero-order valence-corrected chi connectivity index (χ0v) is 31.7. The van der Waals surface area contributed by atoms with Gasteiger partial charge in [-0.15, -0.1) is 0 Å². The van der Waals surface area contributed by atoms with Crippen LogP contribution >= 0.6 is 23.2 Å². The first-order valence-corrected chi connectivity index (χ1v) is 21.5. The van der Waals surface area contributed by atoms with Gasteiger partial charge in [-0.3, -0.25) is 9.59 Å². The fourth-order valence-electron chi connectivity index (χ4n) is 6.21. The molecule has 2 aliphatic rings. The Balaban J connectivity index is 0.000000311. The quantitative estimate of drug-likeness (QED) is 0.0741. The number of benzene rings is 3. The van der Waals surface area contributed by atoms with Gasteiger partial charge in [0.05, 0.1) is 17.6 Å². The lowest BCUT2D eigenvalue weighted by Crippen LogP contribution is -2.36. The number of aromatic nitrogens is 1. The molecule has 2 amide bonds. The van der Waals surface area contributed by atoms with Gasteiger partial charge in [-0.1, -0.05) is 79.2 Å². The van der Waals surface area contributed by atoms with Gasteiger partial charge in [0, 0.05) is 67.1 Å². The summed E-state index contributed by atoms with van der Waals surface area (Å²) in [5.74, 6) is -0.365. The van der Waals surface area contributed by atoms with Crippen molar-refractivity contribution in [2.45, 2.75) is 64.5 Å². The van der Waals surface area contributed by atoms with E-state index in [1.807, 2.05) is 65.6 Å². The highest BCUT2D eigenvalue weighted by Crippen LogP contribution is 2.38. The summed E-state index contributed by atoms with van der Waals surface area (Å²) in [7, 11) is 0.0425. The van der Waals surface area contributed by atoms with Gasteiger partial charge in [-0.2, -0.15) is 0 Å². The van der Waals surface area contributed by atoms with E-state index in [9.17, 15) is 14.4 Å². The smallest absolute Gasteiger partial charge is 0.355 e. The number of carbonyl (C=O) groups excluding carboxylic acids is 3. The van der Waals surface area contributed by atoms with E-state index in [4.69, 9.17) is 32.7 Å². The molecule has 0 saturated carbocycles. The highest BCUT2D eigenvalue weighted by atomic mass is 35.5. The number of piperidine rings is 2. The van der Waals surface area contributed by atoms with E-state index in [0.717, 1.165) is 43.2 Å². The van der Waals surface area contributed by atoms with E-state index < -0.39 is 14.0 Å². The molecule has 0 aliphatic carbocycles. The van der Waals surface area contributed by atoms with Crippen LogP contribution in [0.3, 0.4) is 0 Å². The van der Waals surface area contributed by atoms with Gasteiger partial charge < -0.3 is 23.8 Å². The molecule has 6 rings (SSSR count). The standard InChI is InChI=1S/C28H32Cl2N2O4Si.C11H13NO/c1-35-28(34)26-22(15-19-9-8-12-31(27(19)33)21-10-6-5-7-11-21)25-23(30)16-20(29)17-24(25)32(26)18-36-13-14-37(2,3)4;13-11-8-4-5-9-12(11)10-6-2-1-3-7-10/h5-7,10-11,15-17H,8-9,12-14,18H2,1-4H3;1-3,6-7H,4-5,8-9H2. The van der Waals surface area contributed by atoms with Gasteiger partial charge in [0.2, 0.25) is 5.91 Å². The monoisotopic (exact) mass is 733 g/mol. The molecule has 50 heavy (non-hydrogen) atoms. The number of methoxy groups -OCH3 is 1. The van der Waals surface area contributed by atoms with Gasteiger partial charge >= 0.3 is 5.97 Å². The summed E-state index contributed by atoms with van der Waals surface area (Å²) in [6.07, 6.45) is 6.05. The van der Waals surface area contributed by atoms with E-state index >= 15 is 0 Å². The number of halogens is 2. The van der Waals surface area contributed by atoms with Crippen molar-refractivity contribution in [1.82, 2.24) is 4.57 Å². The Hall–Kier alpha value is -3.89. The average molecular weight is 735 g/mol. The van der Waals surface area contributed by atoms with Crippen molar-refractivity contribution in [3.63, 3.8) is 0 Å². The van der Waals surface area contributed by atoms with Gasteiger partial charge in [0.15, 0.2) is 0 Å². The minimum atomic E-state index is -1.30. The number of hydrogen-bond donors (Lipinski definition) is 0. The number of esters is 1. The molecule has 2 saturated heterocycles. The fourth-order valence-corrected chi connectivity index (χ4v) is 7.55. The maximum atomic E-state index is 13.5. The van der Waals surface area contributed by atoms with Crippen molar-refractivity contribution in [3.05, 3.63) is 99.7 Å². The minimum absolute atomic E-state index is 0.0920. The molecule has 0 N–H and O–H groups in total. The maximum Gasteiger partial charge on any atom is 0.355 e.